The van der Waals surface area contributed by atoms with Crippen LogP contribution in [-0.2, 0) is 4.74 Å². The molecule has 0 bridgehead atoms. The second-order valence-electron chi connectivity index (χ2n) is 9.88. The van der Waals surface area contributed by atoms with Gasteiger partial charge >= 0.3 is 0 Å². The lowest BCUT2D eigenvalue weighted by Gasteiger charge is -2.23. The first-order chi connectivity index (χ1) is 16.6. The Labute approximate surface area is 202 Å². The minimum Gasteiger partial charge on any atom is -0.493 e. The quantitative estimate of drug-likeness (QED) is 0.576. The number of aromatic nitrogens is 2. The van der Waals surface area contributed by atoms with Crippen molar-refractivity contribution in [2.45, 2.75) is 45.1 Å². The van der Waals surface area contributed by atoms with E-state index in [2.05, 4.69) is 20.2 Å². The number of aryl methyl sites for hydroxylation is 1. The molecular weight excluding hydrogens is 430 g/mol. The zero-order chi connectivity index (χ0) is 23.5. The molecule has 3 fully saturated rings. The first-order valence-corrected chi connectivity index (χ1v) is 12.6. The van der Waals surface area contributed by atoms with Crippen LogP contribution >= 0.6 is 0 Å². The minimum absolute atomic E-state index is 0.280. The van der Waals surface area contributed by atoms with Gasteiger partial charge in [0.25, 0.3) is 0 Å². The van der Waals surface area contributed by atoms with Gasteiger partial charge in [-0.3, -0.25) is 4.90 Å². The lowest BCUT2D eigenvalue weighted by atomic mass is 9.99. The maximum Gasteiger partial charge on any atom is 0.222 e. The molecule has 1 atom stereocenters. The lowest BCUT2D eigenvalue weighted by molar-refractivity contribution is 0.0699. The smallest absolute Gasteiger partial charge is 0.222 e. The summed E-state index contributed by atoms with van der Waals surface area (Å²) in [6.07, 6.45) is 6.03. The molecule has 2 aromatic rings. The van der Waals surface area contributed by atoms with E-state index in [0.29, 0.717) is 18.4 Å². The van der Waals surface area contributed by atoms with Crippen LogP contribution in [0, 0.1) is 18.8 Å². The van der Waals surface area contributed by atoms with E-state index in [-0.39, 0.29) is 5.95 Å². The molecule has 2 saturated heterocycles. The van der Waals surface area contributed by atoms with Crippen LogP contribution < -0.4 is 20.5 Å². The molecule has 0 spiro atoms. The van der Waals surface area contributed by atoms with Crippen molar-refractivity contribution < 1.29 is 14.2 Å². The topological polar surface area (TPSA) is 94.8 Å². The molecule has 1 saturated carbocycles. The number of rotatable bonds is 9. The number of nitrogens with one attached hydrogen (secondary N) is 1. The summed E-state index contributed by atoms with van der Waals surface area (Å²) in [6.45, 7) is 7.49. The highest BCUT2D eigenvalue weighted by Gasteiger charge is 2.34. The summed E-state index contributed by atoms with van der Waals surface area (Å²) < 4.78 is 17.4. The molecule has 3 heterocycles. The van der Waals surface area contributed by atoms with E-state index < -0.39 is 0 Å². The number of methoxy groups -OCH3 is 1. The molecule has 1 aromatic carbocycles. The van der Waals surface area contributed by atoms with Crippen LogP contribution in [0.25, 0.3) is 11.1 Å². The molecule has 3 aliphatic rings. The maximum absolute atomic E-state index is 6.33. The van der Waals surface area contributed by atoms with Crippen molar-refractivity contribution in [2.75, 3.05) is 57.6 Å². The molecule has 8 heteroatoms. The lowest BCUT2D eigenvalue weighted by Crippen LogP contribution is -2.24. The third kappa shape index (κ3) is 5.39. The molecule has 5 rings (SSSR count). The summed E-state index contributed by atoms with van der Waals surface area (Å²) in [4.78, 5) is 11.6. The van der Waals surface area contributed by atoms with E-state index in [9.17, 15) is 0 Å². The van der Waals surface area contributed by atoms with Crippen LogP contribution in [0.15, 0.2) is 18.2 Å². The number of nitrogen functional groups attached to an aromatic ring is 1. The molecular formula is C26H37N5O3. The molecule has 3 N–H and O–H groups in total. The summed E-state index contributed by atoms with van der Waals surface area (Å²) >= 11 is 0. The van der Waals surface area contributed by atoms with Gasteiger partial charge in [0.15, 0.2) is 11.5 Å². The van der Waals surface area contributed by atoms with Crippen LogP contribution in [-0.4, -0.2) is 67.5 Å². The minimum atomic E-state index is 0.280. The second-order valence-corrected chi connectivity index (χ2v) is 9.88. The normalized spacial score (nSPS) is 21.5. The number of likely N-dealkylation sites (tertiary alicyclic amines) is 1. The first-order valence-electron chi connectivity index (χ1n) is 12.6. The Bertz CT molecular complexity index is 991. The summed E-state index contributed by atoms with van der Waals surface area (Å²) in [6, 6.07) is 6.88. The van der Waals surface area contributed by atoms with Gasteiger partial charge in [-0.15, -0.1) is 0 Å². The molecule has 0 radical (unpaired) electrons. The Kier molecular flexibility index (Phi) is 7.06. The van der Waals surface area contributed by atoms with Gasteiger partial charge in [0, 0.05) is 43.8 Å². The number of anilines is 2. The molecule has 184 valence electrons. The van der Waals surface area contributed by atoms with E-state index >= 15 is 0 Å². The van der Waals surface area contributed by atoms with E-state index in [1.165, 1.54) is 25.8 Å². The van der Waals surface area contributed by atoms with Crippen molar-refractivity contribution in [2.24, 2.45) is 11.8 Å². The summed E-state index contributed by atoms with van der Waals surface area (Å²) in [5, 5.41) is 3.55. The zero-order valence-corrected chi connectivity index (χ0v) is 20.4. The van der Waals surface area contributed by atoms with Crippen molar-refractivity contribution in [3.8, 4) is 22.6 Å². The number of benzene rings is 1. The number of hydrogen-bond donors (Lipinski definition) is 2. The van der Waals surface area contributed by atoms with Gasteiger partial charge in [-0.05, 0) is 69.2 Å². The molecule has 0 amide bonds. The van der Waals surface area contributed by atoms with Crippen molar-refractivity contribution in [3.63, 3.8) is 0 Å². The largest absolute Gasteiger partial charge is 0.493 e. The van der Waals surface area contributed by atoms with E-state index in [0.717, 1.165) is 79.3 Å². The summed E-state index contributed by atoms with van der Waals surface area (Å²) in [7, 11) is 1.69. The Morgan fingerprint density at radius 3 is 2.68 bits per heavy atom. The van der Waals surface area contributed by atoms with Crippen molar-refractivity contribution in [1.29, 1.82) is 0 Å². The first kappa shape index (κ1) is 23.2. The fraction of sp³-hybridized carbons (Fsp3) is 0.615. The molecule has 1 aromatic heterocycles. The van der Waals surface area contributed by atoms with Gasteiger partial charge in [-0.25, -0.2) is 4.98 Å². The van der Waals surface area contributed by atoms with Crippen molar-refractivity contribution in [3.05, 3.63) is 23.9 Å². The monoisotopic (exact) mass is 467 g/mol. The van der Waals surface area contributed by atoms with Gasteiger partial charge in [0.05, 0.1) is 19.4 Å². The highest BCUT2D eigenvalue weighted by molar-refractivity contribution is 5.79. The zero-order valence-electron chi connectivity index (χ0n) is 20.4. The number of nitrogens with zero attached hydrogens (tertiary/aromatic N) is 3. The summed E-state index contributed by atoms with van der Waals surface area (Å²) in [5.74, 6) is 3.68. The van der Waals surface area contributed by atoms with Crippen LogP contribution in [0.2, 0.25) is 0 Å². The Balaban J connectivity index is 1.34. The SMILES string of the molecule is COc1ccc(-c2c(C)nc(N)nc2NCC2CCOCC2)cc1OCC1CCN(C2CC2)C1. The van der Waals surface area contributed by atoms with E-state index in [1.54, 1.807) is 7.11 Å². The molecule has 34 heavy (non-hydrogen) atoms. The van der Waals surface area contributed by atoms with Gasteiger partial charge < -0.3 is 25.3 Å². The third-order valence-electron chi connectivity index (χ3n) is 7.31. The standard InChI is InChI=1S/C26H37N5O3/c1-17-24(25(30-26(27)29-17)28-14-18-8-11-33-12-9-18)20-3-6-22(32-2)23(13-20)34-16-19-7-10-31(15-19)21-4-5-21/h3,6,13,18-19,21H,4-5,7-12,14-16H2,1-2H3,(H3,27,28,29,30). The van der Waals surface area contributed by atoms with Gasteiger partial charge in [0.1, 0.15) is 5.82 Å². The Morgan fingerprint density at radius 1 is 1.09 bits per heavy atom. The predicted molar refractivity (Wildman–Crippen MR) is 133 cm³/mol. The number of hydrogen-bond acceptors (Lipinski definition) is 8. The van der Waals surface area contributed by atoms with Crippen LogP contribution in [0.1, 0.15) is 37.8 Å². The third-order valence-corrected chi connectivity index (χ3v) is 7.31. The highest BCUT2D eigenvalue weighted by atomic mass is 16.5. The predicted octanol–water partition coefficient (Wildman–Crippen LogP) is 3.74. The van der Waals surface area contributed by atoms with Crippen LogP contribution in [0.4, 0.5) is 11.8 Å². The summed E-state index contributed by atoms with van der Waals surface area (Å²) in [5.41, 5.74) is 8.80. The van der Waals surface area contributed by atoms with E-state index in [1.807, 2.05) is 25.1 Å². The van der Waals surface area contributed by atoms with E-state index in [4.69, 9.17) is 19.9 Å². The average Bonchev–Trinajstić information content (AvgIpc) is 3.59. The van der Waals surface area contributed by atoms with Crippen LogP contribution in [0.3, 0.4) is 0 Å². The highest BCUT2D eigenvalue weighted by Crippen LogP contribution is 2.38. The maximum atomic E-state index is 6.33. The molecule has 1 unspecified atom stereocenters. The van der Waals surface area contributed by atoms with Crippen molar-refractivity contribution in [1.82, 2.24) is 14.9 Å². The second kappa shape index (κ2) is 10.4. The average molecular weight is 468 g/mol. The van der Waals surface area contributed by atoms with Crippen molar-refractivity contribution >= 4 is 11.8 Å². The number of nitrogens with two attached hydrogens (primary N) is 1. The van der Waals surface area contributed by atoms with Gasteiger partial charge in [-0.2, -0.15) is 4.98 Å². The molecule has 8 nitrogen and oxygen atoms in total. The van der Waals surface area contributed by atoms with Crippen LogP contribution in [0.5, 0.6) is 11.5 Å². The molecule has 2 aliphatic heterocycles. The van der Waals surface area contributed by atoms with Gasteiger partial charge in [-0.1, -0.05) is 6.07 Å². The fourth-order valence-corrected chi connectivity index (χ4v) is 5.18. The fourth-order valence-electron chi connectivity index (χ4n) is 5.18. The molecule has 1 aliphatic carbocycles. The Morgan fingerprint density at radius 2 is 1.91 bits per heavy atom. The number of ether oxygens (including phenoxy) is 3. The Hall–Kier alpha value is -2.58. The van der Waals surface area contributed by atoms with Gasteiger partial charge in [0.2, 0.25) is 5.95 Å².